The molecule has 1 aromatic carbocycles. The minimum atomic E-state index is 0.0258. The van der Waals surface area contributed by atoms with Crippen molar-refractivity contribution in [3.8, 4) is 5.75 Å². The van der Waals surface area contributed by atoms with E-state index in [-0.39, 0.29) is 11.8 Å². The standard InChI is InChI=1S/C21H27N3O3/c1-14-12-18(15(2)16(3)20(14)27-4)21(26)24-10-8-23(9-11-24)19(25)13-17-6-5-7-22-17/h5-7,12,22H,8-11,13H2,1-4H3. The second-order valence-electron chi connectivity index (χ2n) is 7.07. The van der Waals surface area contributed by atoms with Crippen molar-refractivity contribution in [3.63, 3.8) is 0 Å². The zero-order valence-corrected chi connectivity index (χ0v) is 16.5. The summed E-state index contributed by atoms with van der Waals surface area (Å²) in [5.74, 6) is 0.957. The predicted octanol–water partition coefficient (Wildman–Crippen LogP) is 2.48. The Morgan fingerprint density at radius 2 is 1.74 bits per heavy atom. The molecular formula is C21H27N3O3. The molecule has 6 nitrogen and oxygen atoms in total. The molecule has 1 aliphatic heterocycles. The zero-order chi connectivity index (χ0) is 19.6. The Labute approximate surface area is 160 Å². The number of rotatable bonds is 4. The van der Waals surface area contributed by atoms with E-state index < -0.39 is 0 Å². The Hall–Kier alpha value is -2.76. The van der Waals surface area contributed by atoms with Gasteiger partial charge < -0.3 is 19.5 Å². The average Bonchev–Trinajstić information content (AvgIpc) is 3.17. The number of H-pyrrole nitrogens is 1. The van der Waals surface area contributed by atoms with Crippen molar-refractivity contribution in [2.45, 2.75) is 27.2 Å². The average molecular weight is 369 g/mol. The molecule has 0 atom stereocenters. The van der Waals surface area contributed by atoms with Gasteiger partial charge in [-0.3, -0.25) is 9.59 Å². The van der Waals surface area contributed by atoms with Crippen LogP contribution in [0.25, 0.3) is 0 Å². The van der Waals surface area contributed by atoms with E-state index in [1.54, 1.807) is 7.11 Å². The van der Waals surface area contributed by atoms with E-state index in [2.05, 4.69) is 4.98 Å². The first-order valence-corrected chi connectivity index (χ1v) is 9.26. The molecule has 1 aliphatic rings. The Bertz CT molecular complexity index is 835. The molecule has 3 rings (SSSR count). The fourth-order valence-corrected chi connectivity index (χ4v) is 3.68. The smallest absolute Gasteiger partial charge is 0.254 e. The van der Waals surface area contributed by atoms with E-state index in [0.717, 1.165) is 33.7 Å². The summed E-state index contributed by atoms with van der Waals surface area (Å²) >= 11 is 0. The van der Waals surface area contributed by atoms with E-state index in [0.29, 0.717) is 32.6 Å². The number of nitrogens with zero attached hydrogens (tertiary/aromatic N) is 2. The number of amides is 2. The van der Waals surface area contributed by atoms with Crippen molar-refractivity contribution in [2.24, 2.45) is 0 Å². The van der Waals surface area contributed by atoms with Gasteiger partial charge in [-0.15, -0.1) is 0 Å². The van der Waals surface area contributed by atoms with Crippen LogP contribution >= 0.6 is 0 Å². The zero-order valence-electron chi connectivity index (χ0n) is 16.5. The largest absolute Gasteiger partial charge is 0.496 e. The van der Waals surface area contributed by atoms with E-state index in [4.69, 9.17) is 4.74 Å². The Morgan fingerprint density at radius 3 is 2.33 bits per heavy atom. The van der Waals surface area contributed by atoms with Crippen LogP contribution in [0.15, 0.2) is 24.4 Å². The lowest BCUT2D eigenvalue weighted by Crippen LogP contribution is -2.51. The fourth-order valence-electron chi connectivity index (χ4n) is 3.68. The molecule has 1 fully saturated rings. The van der Waals surface area contributed by atoms with E-state index in [1.165, 1.54) is 0 Å². The first-order valence-electron chi connectivity index (χ1n) is 9.26. The summed E-state index contributed by atoms with van der Waals surface area (Å²) in [4.78, 5) is 32.2. The van der Waals surface area contributed by atoms with Crippen LogP contribution in [0.1, 0.15) is 32.7 Å². The van der Waals surface area contributed by atoms with Crippen LogP contribution in [0, 0.1) is 20.8 Å². The van der Waals surface area contributed by atoms with Crippen LogP contribution in [0.5, 0.6) is 5.75 Å². The number of hydrogen-bond donors (Lipinski definition) is 1. The minimum Gasteiger partial charge on any atom is -0.496 e. The van der Waals surface area contributed by atoms with Gasteiger partial charge in [0.15, 0.2) is 0 Å². The predicted molar refractivity (Wildman–Crippen MR) is 104 cm³/mol. The highest BCUT2D eigenvalue weighted by molar-refractivity contribution is 5.96. The second kappa shape index (κ2) is 7.86. The quantitative estimate of drug-likeness (QED) is 0.900. The molecule has 6 heteroatoms. The molecule has 0 bridgehead atoms. The van der Waals surface area contributed by atoms with Crippen LogP contribution in [-0.4, -0.2) is 59.9 Å². The topological polar surface area (TPSA) is 65.6 Å². The number of aromatic nitrogens is 1. The number of hydrogen-bond acceptors (Lipinski definition) is 3. The Kier molecular flexibility index (Phi) is 5.54. The summed E-state index contributed by atoms with van der Waals surface area (Å²) in [6.07, 6.45) is 2.19. The molecule has 2 heterocycles. The third-order valence-corrected chi connectivity index (χ3v) is 5.38. The molecular weight excluding hydrogens is 342 g/mol. The Balaban J connectivity index is 1.66. The lowest BCUT2D eigenvalue weighted by Gasteiger charge is -2.35. The number of aromatic amines is 1. The molecule has 0 saturated carbocycles. The third-order valence-electron chi connectivity index (χ3n) is 5.38. The van der Waals surface area contributed by atoms with Gasteiger partial charge in [0, 0.05) is 43.6 Å². The molecule has 1 N–H and O–H groups in total. The molecule has 2 amide bonds. The molecule has 0 spiro atoms. The molecule has 0 radical (unpaired) electrons. The monoisotopic (exact) mass is 369 g/mol. The number of piperazine rings is 1. The molecule has 2 aromatic rings. The van der Waals surface area contributed by atoms with Gasteiger partial charge in [-0.2, -0.15) is 0 Å². The number of benzene rings is 1. The van der Waals surface area contributed by atoms with Crippen LogP contribution in [0.3, 0.4) is 0 Å². The van der Waals surface area contributed by atoms with Crippen molar-refractivity contribution in [3.05, 3.63) is 52.3 Å². The number of aryl methyl sites for hydroxylation is 1. The normalized spacial score (nSPS) is 14.4. The van der Waals surface area contributed by atoms with E-state index >= 15 is 0 Å². The molecule has 144 valence electrons. The maximum Gasteiger partial charge on any atom is 0.254 e. The highest BCUT2D eigenvalue weighted by Gasteiger charge is 2.26. The van der Waals surface area contributed by atoms with Crippen LogP contribution in [0.4, 0.5) is 0 Å². The van der Waals surface area contributed by atoms with Crippen LogP contribution < -0.4 is 4.74 Å². The lowest BCUT2D eigenvalue weighted by atomic mass is 9.97. The Morgan fingerprint density at radius 1 is 1.07 bits per heavy atom. The number of ether oxygens (including phenoxy) is 1. The second-order valence-corrected chi connectivity index (χ2v) is 7.07. The summed E-state index contributed by atoms with van der Waals surface area (Å²) in [7, 11) is 1.65. The van der Waals surface area contributed by atoms with Crippen molar-refractivity contribution < 1.29 is 14.3 Å². The summed E-state index contributed by atoms with van der Waals surface area (Å²) in [5.41, 5.74) is 4.55. The van der Waals surface area contributed by atoms with Gasteiger partial charge in [0.2, 0.25) is 5.91 Å². The molecule has 1 aromatic heterocycles. The molecule has 0 aliphatic carbocycles. The van der Waals surface area contributed by atoms with E-state index in [1.807, 2.05) is 55.0 Å². The highest BCUT2D eigenvalue weighted by atomic mass is 16.5. The van der Waals surface area contributed by atoms with Gasteiger partial charge in [0.1, 0.15) is 5.75 Å². The molecule has 0 unspecified atom stereocenters. The summed E-state index contributed by atoms with van der Waals surface area (Å²) in [6.45, 7) is 8.14. The van der Waals surface area contributed by atoms with Crippen LogP contribution in [-0.2, 0) is 11.2 Å². The highest BCUT2D eigenvalue weighted by Crippen LogP contribution is 2.29. The van der Waals surface area contributed by atoms with Crippen molar-refractivity contribution in [1.82, 2.24) is 14.8 Å². The number of carbonyl (C=O) groups excluding carboxylic acids is 2. The molecule has 1 saturated heterocycles. The first-order chi connectivity index (χ1) is 12.9. The number of nitrogens with one attached hydrogen (secondary N) is 1. The molecule has 27 heavy (non-hydrogen) atoms. The van der Waals surface area contributed by atoms with Crippen molar-refractivity contribution >= 4 is 11.8 Å². The van der Waals surface area contributed by atoms with Gasteiger partial charge >= 0.3 is 0 Å². The van der Waals surface area contributed by atoms with Gasteiger partial charge in [0.25, 0.3) is 5.91 Å². The minimum absolute atomic E-state index is 0.0258. The number of methoxy groups -OCH3 is 1. The van der Waals surface area contributed by atoms with Crippen molar-refractivity contribution in [2.75, 3.05) is 33.3 Å². The van der Waals surface area contributed by atoms with Gasteiger partial charge in [-0.1, -0.05) is 0 Å². The van der Waals surface area contributed by atoms with Crippen molar-refractivity contribution in [1.29, 1.82) is 0 Å². The van der Waals surface area contributed by atoms with Crippen LogP contribution in [0.2, 0.25) is 0 Å². The lowest BCUT2D eigenvalue weighted by molar-refractivity contribution is -0.132. The van der Waals surface area contributed by atoms with E-state index in [9.17, 15) is 9.59 Å². The van der Waals surface area contributed by atoms with Gasteiger partial charge in [-0.25, -0.2) is 0 Å². The summed E-state index contributed by atoms with van der Waals surface area (Å²) in [6, 6.07) is 5.71. The van der Waals surface area contributed by atoms with Gasteiger partial charge in [0.05, 0.1) is 13.5 Å². The first kappa shape index (κ1) is 19.0. The summed E-state index contributed by atoms with van der Waals surface area (Å²) < 4.78 is 5.45. The third kappa shape index (κ3) is 3.84. The number of carbonyl (C=O) groups is 2. The summed E-state index contributed by atoms with van der Waals surface area (Å²) in [5, 5.41) is 0. The van der Waals surface area contributed by atoms with Gasteiger partial charge in [-0.05, 0) is 55.7 Å². The maximum atomic E-state index is 13.0. The fraction of sp³-hybridized carbons (Fsp3) is 0.429. The SMILES string of the molecule is COc1c(C)cc(C(=O)N2CCN(C(=O)Cc3ccc[nH]3)CC2)c(C)c1C. The maximum absolute atomic E-state index is 13.0.